The molecule has 0 aliphatic carbocycles. The first-order valence-corrected chi connectivity index (χ1v) is 3.32. The molecule has 12 heavy (non-hydrogen) atoms. The van der Waals surface area contributed by atoms with Crippen LogP contribution in [0, 0.1) is 5.39 Å². The van der Waals surface area contributed by atoms with E-state index in [0.29, 0.717) is 5.56 Å². The number of benzene rings is 1. The zero-order chi connectivity index (χ0) is 9.14. The Bertz CT molecular complexity index is 366. The predicted octanol–water partition coefficient (Wildman–Crippen LogP) is 1.45. The van der Waals surface area contributed by atoms with E-state index in [2.05, 4.69) is 4.98 Å². The minimum Gasteiger partial charge on any atom is -0.867 e. The maximum atomic E-state index is 10.9. The molecule has 0 unspecified atom stereocenters. The highest BCUT2D eigenvalue weighted by molar-refractivity contribution is 5.95. The van der Waals surface area contributed by atoms with Crippen molar-refractivity contribution in [2.24, 2.45) is 0 Å². The zero-order valence-corrected chi connectivity index (χ0v) is 6.44. The van der Waals surface area contributed by atoms with Crippen molar-refractivity contribution in [2.75, 3.05) is 0 Å². The first-order valence-electron chi connectivity index (χ1n) is 3.32. The summed E-state index contributed by atoms with van der Waals surface area (Å²) in [7, 11) is 0. The number of diazo groups is 1. The summed E-state index contributed by atoms with van der Waals surface area (Å²) >= 11 is 0. The molecule has 0 saturated carbocycles. The summed E-state index contributed by atoms with van der Waals surface area (Å²) in [5.74, 6) is -0.567. The van der Waals surface area contributed by atoms with Gasteiger partial charge in [0.05, 0.1) is 0 Å². The van der Waals surface area contributed by atoms with E-state index in [1.165, 1.54) is 25.1 Å². The average molecular weight is 162 g/mol. The molecule has 0 saturated heterocycles. The standard InChI is InChI=1S/C8H6N2O2/c1-5(11)6-2-3-8(12)7(4-6)10-9/h2-4H,1H3. The summed E-state index contributed by atoms with van der Waals surface area (Å²) in [6.07, 6.45) is 0. The monoisotopic (exact) mass is 162 g/mol. The molecule has 4 heteroatoms. The van der Waals surface area contributed by atoms with Gasteiger partial charge in [-0.25, -0.2) is 0 Å². The van der Waals surface area contributed by atoms with Gasteiger partial charge in [-0.3, -0.25) is 4.79 Å². The van der Waals surface area contributed by atoms with E-state index in [-0.39, 0.29) is 11.5 Å². The smallest absolute Gasteiger partial charge is 0.378 e. The van der Waals surface area contributed by atoms with E-state index in [9.17, 15) is 9.90 Å². The molecule has 0 fully saturated rings. The molecule has 0 radical (unpaired) electrons. The van der Waals surface area contributed by atoms with E-state index in [1.807, 2.05) is 0 Å². The molecular weight excluding hydrogens is 156 g/mol. The van der Waals surface area contributed by atoms with Gasteiger partial charge in [0.25, 0.3) is 0 Å². The SMILES string of the molecule is CC(=O)c1ccc([O-])c([N+]#N)c1. The topological polar surface area (TPSA) is 68.3 Å². The molecule has 0 aromatic heterocycles. The number of nitrogens with zero attached hydrogens (tertiary/aromatic N) is 2. The Balaban J connectivity index is 3.25. The number of Topliss-reactive ketones (excluding diaryl/α,β-unsaturated/α-hetero) is 1. The number of carbonyl (C=O) groups is 1. The number of hydrogen-bond donors (Lipinski definition) is 0. The van der Waals surface area contributed by atoms with Crippen LogP contribution in [0.3, 0.4) is 0 Å². The van der Waals surface area contributed by atoms with Crippen molar-refractivity contribution in [3.05, 3.63) is 28.7 Å². The number of ketones is 1. The molecule has 0 atom stereocenters. The Morgan fingerprint density at radius 3 is 2.75 bits per heavy atom. The van der Waals surface area contributed by atoms with E-state index < -0.39 is 5.75 Å². The quantitative estimate of drug-likeness (QED) is 0.463. The van der Waals surface area contributed by atoms with E-state index in [4.69, 9.17) is 5.39 Å². The minimum absolute atomic E-state index is 0.109. The number of carbonyl (C=O) groups excluding carboxylic acids is 1. The fraction of sp³-hybridized carbons (Fsp3) is 0.125. The normalized spacial score (nSPS) is 9.00. The molecule has 60 valence electrons. The number of rotatable bonds is 1. The molecule has 4 nitrogen and oxygen atoms in total. The molecule has 1 aromatic rings. The second kappa shape index (κ2) is 3.01. The van der Waals surface area contributed by atoms with Gasteiger partial charge in [-0.2, -0.15) is 0 Å². The highest BCUT2D eigenvalue weighted by Gasteiger charge is 2.09. The fourth-order valence-electron chi connectivity index (χ4n) is 0.815. The van der Waals surface area contributed by atoms with Gasteiger partial charge in [0.2, 0.25) is 5.39 Å². The highest BCUT2D eigenvalue weighted by atomic mass is 16.3. The summed E-state index contributed by atoms with van der Waals surface area (Å²) < 4.78 is 0. The van der Waals surface area contributed by atoms with Crippen LogP contribution in [0.25, 0.3) is 4.98 Å². The molecule has 0 heterocycles. The minimum atomic E-state index is -0.400. The largest absolute Gasteiger partial charge is 0.867 e. The molecule has 0 aliphatic heterocycles. The molecule has 0 aliphatic rings. The summed E-state index contributed by atoms with van der Waals surface area (Å²) in [6, 6.07) is 3.86. The van der Waals surface area contributed by atoms with E-state index in [0.717, 1.165) is 0 Å². The Morgan fingerprint density at radius 1 is 1.58 bits per heavy atom. The van der Waals surface area contributed by atoms with E-state index in [1.54, 1.807) is 0 Å². The van der Waals surface area contributed by atoms with E-state index >= 15 is 0 Å². The van der Waals surface area contributed by atoms with Crippen molar-refractivity contribution in [3.63, 3.8) is 0 Å². The molecule has 1 aromatic carbocycles. The summed E-state index contributed by atoms with van der Waals surface area (Å²) in [4.78, 5) is 13.5. The van der Waals surface area contributed by atoms with Crippen LogP contribution < -0.4 is 5.11 Å². The van der Waals surface area contributed by atoms with Gasteiger partial charge in [-0.1, -0.05) is 12.1 Å². The first kappa shape index (κ1) is 8.21. The fourth-order valence-corrected chi connectivity index (χ4v) is 0.815. The lowest BCUT2D eigenvalue weighted by Crippen LogP contribution is -1.94. The lowest BCUT2D eigenvalue weighted by Gasteiger charge is -2.00. The Kier molecular flexibility index (Phi) is 2.06. The van der Waals surface area contributed by atoms with Crippen LogP contribution in [0.2, 0.25) is 0 Å². The van der Waals surface area contributed by atoms with Gasteiger partial charge in [0.1, 0.15) is 0 Å². The van der Waals surface area contributed by atoms with Crippen molar-refractivity contribution >= 4 is 11.5 Å². The van der Waals surface area contributed by atoms with Gasteiger partial charge >= 0.3 is 5.69 Å². The van der Waals surface area contributed by atoms with Crippen molar-refractivity contribution in [1.82, 2.24) is 0 Å². The third-order valence-electron chi connectivity index (χ3n) is 1.47. The Morgan fingerprint density at radius 2 is 2.25 bits per heavy atom. The molecule has 0 spiro atoms. The summed E-state index contributed by atoms with van der Waals surface area (Å²) in [5, 5.41) is 19.2. The Labute approximate surface area is 69.1 Å². The second-order valence-corrected chi connectivity index (χ2v) is 2.34. The maximum Gasteiger partial charge on any atom is 0.378 e. The van der Waals surface area contributed by atoms with Crippen LogP contribution in [0.4, 0.5) is 5.69 Å². The number of hydrogen-bond acceptors (Lipinski definition) is 3. The molecule has 0 amide bonds. The van der Waals surface area contributed by atoms with Gasteiger partial charge in [-0.05, 0) is 12.7 Å². The van der Waals surface area contributed by atoms with Crippen molar-refractivity contribution < 1.29 is 9.90 Å². The van der Waals surface area contributed by atoms with Crippen LogP contribution >= 0.6 is 0 Å². The third-order valence-corrected chi connectivity index (χ3v) is 1.47. The average Bonchev–Trinajstić information content (AvgIpc) is 2.05. The molecule has 0 bridgehead atoms. The summed E-state index contributed by atoms with van der Waals surface area (Å²) in [6.45, 7) is 1.38. The van der Waals surface area contributed by atoms with Crippen molar-refractivity contribution in [2.45, 2.75) is 6.92 Å². The highest BCUT2D eigenvalue weighted by Crippen LogP contribution is 2.24. The lowest BCUT2D eigenvalue weighted by molar-refractivity contribution is -0.266. The van der Waals surface area contributed by atoms with Crippen molar-refractivity contribution in [1.29, 1.82) is 5.39 Å². The first-order chi connectivity index (χ1) is 5.65. The maximum absolute atomic E-state index is 10.9. The molecular formula is C8H6N2O2. The molecule has 0 N–H and O–H groups in total. The molecule has 1 rings (SSSR count). The van der Waals surface area contributed by atoms with Crippen LogP contribution in [-0.2, 0) is 0 Å². The van der Waals surface area contributed by atoms with Crippen LogP contribution in [0.15, 0.2) is 18.2 Å². The lowest BCUT2D eigenvalue weighted by atomic mass is 10.1. The Hall–Kier alpha value is -1.89. The third kappa shape index (κ3) is 1.40. The predicted molar refractivity (Wildman–Crippen MR) is 40.6 cm³/mol. The summed E-state index contributed by atoms with van der Waals surface area (Å²) in [5.41, 5.74) is 0.255. The van der Waals surface area contributed by atoms with Gasteiger partial charge in [0, 0.05) is 11.6 Å². The van der Waals surface area contributed by atoms with Crippen LogP contribution in [0.1, 0.15) is 17.3 Å². The second-order valence-electron chi connectivity index (χ2n) is 2.34. The van der Waals surface area contributed by atoms with Gasteiger partial charge in [-0.15, -0.1) is 0 Å². The zero-order valence-electron chi connectivity index (χ0n) is 6.44. The van der Waals surface area contributed by atoms with Crippen LogP contribution in [0.5, 0.6) is 5.75 Å². The van der Waals surface area contributed by atoms with Crippen molar-refractivity contribution in [3.8, 4) is 5.75 Å². The van der Waals surface area contributed by atoms with Crippen LogP contribution in [-0.4, -0.2) is 5.78 Å². The van der Waals surface area contributed by atoms with Gasteiger partial charge < -0.3 is 5.11 Å². The van der Waals surface area contributed by atoms with Gasteiger partial charge in [0.15, 0.2) is 10.8 Å².